The summed E-state index contributed by atoms with van der Waals surface area (Å²) < 4.78 is 5.81. The molecule has 0 bridgehead atoms. The van der Waals surface area contributed by atoms with Crippen LogP contribution >= 0.6 is 0 Å². The van der Waals surface area contributed by atoms with Gasteiger partial charge in [0.1, 0.15) is 5.75 Å². The van der Waals surface area contributed by atoms with Crippen LogP contribution in [-0.2, 0) is 4.79 Å². The largest absolute Gasteiger partial charge is 0.483 e. The van der Waals surface area contributed by atoms with Crippen LogP contribution in [0.3, 0.4) is 0 Å². The number of piperidine rings is 1. The van der Waals surface area contributed by atoms with Crippen molar-refractivity contribution in [2.75, 3.05) is 19.7 Å². The van der Waals surface area contributed by atoms with Crippen LogP contribution in [0.4, 0.5) is 0 Å². The van der Waals surface area contributed by atoms with Gasteiger partial charge in [0.25, 0.3) is 5.91 Å². The van der Waals surface area contributed by atoms with Gasteiger partial charge in [-0.25, -0.2) is 0 Å². The van der Waals surface area contributed by atoms with Crippen molar-refractivity contribution in [2.45, 2.75) is 18.9 Å². The number of ether oxygens (including phenoxy) is 1. The summed E-state index contributed by atoms with van der Waals surface area (Å²) in [6, 6.07) is 18.1. The maximum absolute atomic E-state index is 12.3. The van der Waals surface area contributed by atoms with E-state index in [0.29, 0.717) is 0 Å². The van der Waals surface area contributed by atoms with Gasteiger partial charge in [0.05, 0.1) is 0 Å². The minimum absolute atomic E-state index is 0.0276. The molecule has 4 nitrogen and oxygen atoms in total. The lowest BCUT2D eigenvalue weighted by Crippen LogP contribution is -2.44. The van der Waals surface area contributed by atoms with E-state index >= 15 is 0 Å². The number of nitrogens with two attached hydrogens (primary N) is 1. The van der Waals surface area contributed by atoms with Crippen molar-refractivity contribution in [3.63, 3.8) is 0 Å². The Morgan fingerprint density at radius 1 is 1.04 bits per heavy atom. The van der Waals surface area contributed by atoms with Crippen molar-refractivity contribution in [1.29, 1.82) is 0 Å². The Labute approximate surface area is 136 Å². The van der Waals surface area contributed by atoms with Gasteiger partial charge in [-0.05, 0) is 24.5 Å². The monoisotopic (exact) mass is 310 g/mol. The molecule has 1 aliphatic rings. The normalized spacial score (nSPS) is 15.4. The van der Waals surface area contributed by atoms with E-state index in [0.717, 1.165) is 42.8 Å². The number of likely N-dealkylation sites (tertiary alicyclic amines) is 1. The lowest BCUT2D eigenvalue weighted by molar-refractivity contribution is -0.134. The number of para-hydroxylation sites is 1. The second kappa shape index (κ2) is 7.29. The lowest BCUT2D eigenvalue weighted by Gasteiger charge is -2.30. The average Bonchev–Trinajstić information content (AvgIpc) is 2.61. The van der Waals surface area contributed by atoms with Gasteiger partial charge in [-0.3, -0.25) is 4.79 Å². The van der Waals surface area contributed by atoms with E-state index in [2.05, 4.69) is 0 Å². The third-order valence-electron chi connectivity index (χ3n) is 4.22. The van der Waals surface area contributed by atoms with Crippen LogP contribution in [0.15, 0.2) is 54.6 Å². The first-order valence-electron chi connectivity index (χ1n) is 8.04. The molecule has 0 radical (unpaired) electrons. The molecule has 1 heterocycles. The van der Waals surface area contributed by atoms with Crippen molar-refractivity contribution in [2.24, 2.45) is 5.73 Å². The molecule has 0 unspecified atom stereocenters. The van der Waals surface area contributed by atoms with Crippen LogP contribution in [0, 0.1) is 0 Å². The SMILES string of the molecule is NC1CCN(C(=O)COc2ccccc2-c2ccccc2)CC1. The summed E-state index contributed by atoms with van der Waals surface area (Å²) in [4.78, 5) is 14.1. The minimum Gasteiger partial charge on any atom is -0.483 e. The summed E-state index contributed by atoms with van der Waals surface area (Å²) in [6.45, 7) is 1.52. The number of benzene rings is 2. The molecular formula is C19H22N2O2. The van der Waals surface area contributed by atoms with E-state index in [4.69, 9.17) is 10.5 Å². The van der Waals surface area contributed by atoms with Crippen LogP contribution in [0.25, 0.3) is 11.1 Å². The Balaban J connectivity index is 1.66. The van der Waals surface area contributed by atoms with Crippen molar-refractivity contribution in [1.82, 2.24) is 4.90 Å². The van der Waals surface area contributed by atoms with Crippen LogP contribution in [-0.4, -0.2) is 36.5 Å². The summed E-state index contributed by atoms with van der Waals surface area (Å²) in [6.07, 6.45) is 1.73. The van der Waals surface area contributed by atoms with E-state index in [9.17, 15) is 4.79 Å². The number of nitrogens with zero attached hydrogens (tertiary/aromatic N) is 1. The highest BCUT2D eigenvalue weighted by Gasteiger charge is 2.21. The van der Waals surface area contributed by atoms with Crippen molar-refractivity contribution in [3.8, 4) is 16.9 Å². The molecule has 1 aliphatic heterocycles. The zero-order valence-electron chi connectivity index (χ0n) is 13.2. The van der Waals surface area contributed by atoms with Crippen molar-refractivity contribution in [3.05, 3.63) is 54.6 Å². The summed E-state index contributed by atoms with van der Waals surface area (Å²) >= 11 is 0. The van der Waals surface area contributed by atoms with E-state index in [1.54, 1.807) is 0 Å². The van der Waals surface area contributed by atoms with E-state index in [1.165, 1.54) is 0 Å². The topological polar surface area (TPSA) is 55.6 Å². The molecule has 120 valence electrons. The van der Waals surface area contributed by atoms with Gasteiger partial charge in [-0.2, -0.15) is 0 Å². The Bertz CT molecular complexity index is 649. The predicted molar refractivity (Wildman–Crippen MR) is 91.2 cm³/mol. The smallest absolute Gasteiger partial charge is 0.260 e. The molecule has 0 atom stereocenters. The predicted octanol–water partition coefficient (Wildman–Crippen LogP) is 2.68. The van der Waals surface area contributed by atoms with Gasteiger partial charge >= 0.3 is 0 Å². The average molecular weight is 310 g/mol. The molecule has 1 fully saturated rings. The molecule has 23 heavy (non-hydrogen) atoms. The molecule has 0 spiro atoms. The third-order valence-corrected chi connectivity index (χ3v) is 4.22. The Kier molecular flexibility index (Phi) is 4.93. The van der Waals surface area contributed by atoms with Crippen LogP contribution in [0.5, 0.6) is 5.75 Å². The van der Waals surface area contributed by atoms with E-state index in [1.807, 2.05) is 59.5 Å². The van der Waals surface area contributed by atoms with E-state index < -0.39 is 0 Å². The molecule has 2 N–H and O–H groups in total. The highest BCUT2D eigenvalue weighted by Crippen LogP contribution is 2.29. The first-order chi connectivity index (χ1) is 11.2. The van der Waals surface area contributed by atoms with Crippen molar-refractivity contribution >= 4 is 5.91 Å². The van der Waals surface area contributed by atoms with Crippen LogP contribution < -0.4 is 10.5 Å². The second-order valence-corrected chi connectivity index (χ2v) is 5.87. The van der Waals surface area contributed by atoms with Gasteiger partial charge < -0.3 is 15.4 Å². The van der Waals surface area contributed by atoms with Gasteiger partial charge in [-0.1, -0.05) is 48.5 Å². The molecular weight excluding hydrogens is 288 g/mol. The number of carbonyl (C=O) groups excluding carboxylic acids is 1. The number of carbonyl (C=O) groups is 1. The highest BCUT2D eigenvalue weighted by atomic mass is 16.5. The lowest BCUT2D eigenvalue weighted by atomic mass is 10.0. The fraction of sp³-hybridized carbons (Fsp3) is 0.316. The minimum atomic E-state index is 0.0276. The quantitative estimate of drug-likeness (QED) is 0.944. The summed E-state index contributed by atoms with van der Waals surface area (Å²) in [5, 5.41) is 0. The Morgan fingerprint density at radius 2 is 1.70 bits per heavy atom. The highest BCUT2D eigenvalue weighted by molar-refractivity contribution is 5.78. The van der Waals surface area contributed by atoms with Gasteiger partial charge in [0.2, 0.25) is 0 Å². The van der Waals surface area contributed by atoms with Crippen molar-refractivity contribution < 1.29 is 9.53 Å². The molecule has 1 saturated heterocycles. The van der Waals surface area contributed by atoms with E-state index in [-0.39, 0.29) is 18.6 Å². The van der Waals surface area contributed by atoms with Gasteiger partial charge in [-0.15, -0.1) is 0 Å². The molecule has 0 saturated carbocycles. The first kappa shape index (κ1) is 15.6. The number of hydrogen-bond acceptors (Lipinski definition) is 3. The summed E-state index contributed by atoms with van der Waals surface area (Å²) in [7, 11) is 0. The fourth-order valence-electron chi connectivity index (χ4n) is 2.83. The number of rotatable bonds is 4. The second-order valence-electron chi connectivity index (χ2n) is 5.87. The molecule has 4 heteroatoms. The fourth-order valence-corrected chi connectivity index (χ4v) is 2.83. The standard InChI is InChI=1S/C19H22N2O2/c20-16-10-12-21(13-11-16)19(22)14-23-18-9-5-4-8-17(18)15-6-2-1-3-7-15/h1-9,16H,10-14,20H2. The molecule has 0 aromatic heterocycles. The Morgan fingerprint density at radius 3 is 2.43 bits per heavy atom. The molecule has 3 rings (SSSR count). The maximum Gasteiger partial charge on any atom is 0.260 e. The van der Waals surface area contributed by atoms with Gasteiger partial charge in [0.15, 0.2) is 6.61 Å². The molecule has 1 amide bonds. The summed E-state index contributed by atoms with van der Waals surface area (Å²) in [5.74, 6) is 0.764. The molecule has 0 aliphatic carbocycles. The van der Waals surface area contributed by atoms with Crippen LogP contribution in [0.2, 0.25) is 0 Å². The zero-order chi connectivity index (χ0) is 16.1. The number of hydrogen-bond donors (Lipinski definition) is 1. The first-order valence-corrected chi connectivity index (χ1v) is 8.04. The summed E-state index contributed by atoms with van der Waals surface area (Å²) in [5.41, 5.74) is 7.96. The molecule has 2 aromatic rings. The van der Waals surface area contributed by atoms with Crippen LogP contribution in [0.1, 0.15) is 12.8 Å². The Hall–Kier alpha value is -2.33. The molecule has 2 aromatic carbocycles. The zero-order valence-corrected chi connectivity index (χ0v) is 13.2. The van der Waals surface area contributed by atoms with Gasteiger partial charge in [0, 0.05) is 24.7 Å². The third kappa shape index (κ3) is 3.90. The maximum atomic E-state index is 12.3. The number of amides is 1.